The first-order valence-electron chi connectivity index (χ1n) is 5.90. The van der Waals surface area contributed by atoms with E-state index < -0.39 is 0 Å². The van der Waals surface area contributed by atoms with Crippen molar-refractivity contribution in [2.75, 3.05) is 19.6 Å². The Bertz CT molecular complexity index is 380. The topological polar surface area (TPSA) is 41.1 Å². The maximum absolute atomic E-state index is 13.2. The molecular weight excluding hydrogens is 219 g/mol. The minimum atomic E-state index is -0.346. The second-order valence-corrected chi connectivity index (χ2v) is 3.97. The molecule has 1 amide bonds. The van der Waals surface area contributed by atoms with Gasteiger partial charge in [0.15, 0.2) is 0 Å². The van der Waals surface area contributed by atoms with Gasteiger partial charge in [-0.3, -0.25) is 4.79 Å². The molecule has 94 valence electrons. The lowest BCUT2D eigenvalue weighted by Crippen LogP contribution is -2.32. The molecule has 0 atom stereocenters. The van der Waals surface area contributed by atoms with Crippen LogP contribution in [0.3, 0.4) is 0 Å². The Morgan fingerprint density at radius 2 is 2.06 bits per heavy atom. The Kier molecular flexibility index (Phi) is 5.63. The van der Waals surface area contributed by atoms with E-state index in [1.165, 1.54) is 6.07 Å². The molecule has 0 fully saturated rings. The third-order valence-electron chi connectivity index (χ3n) is 2.45. The second-order valence-electron chi connectivity index (χ2n) is 3.97. The van der Waals surface area contributed by atoms with Crippen LogP contribution in [0, 0.1) is 12.7 Å². The van der Waals surface area contributed by atoms with Gasteiger partial charge in [0.25, 0.3) is 5.91 Å². The third kappa shape index (κ3) is 4.53. The third-order valence-corrected chi connectivity index (χ3v) is 2.45. The number of nitrogens with one attached hydrogen (secondary N) is 2. The first kappa shape index (κ1) is 13.6. The molecule has 0 aromatic heterocycles. The van der Waals surface area contributed by atoms with Gasteiger partial charge in [0.1, 0.15) is 5.82 Å². The SMILES string of the molecule is CCCNCCNC(=O)c1ccc(C)c(F)c1. The van der Waals surface area contributed by atoms with E-state index in [-0.39, 0.29) is 11.7 Å². The zero-order valence-corrected chi connectivity index (χ0v) is 10.3. The van der Waals surface area contributed by atoms with Gasteiger partial charge in [0, 0.05) is 18.7 Å². The molecule has 1 rings (SSSR count). The van der Waals surface area contributed by atoms with Crippen molar-refractivity contribution in [1.82, 2.24) is 10.6 Å². The maximum Gasteiger partial charge on any atom is 0.251 e. The number of rotatable bonds is 6. The summed E-state index contributed by atoms with van der Waals surface area (Å²) in [6.07, 6.45) is 1.07. The molecule has 0 saturated heterocycles. The zero-order valence-electron chi connectivity index (χ0n) is 10.3. The summed E-state index contributed by atoms with van der Waals surface area (Å²) in [6.45, 7) is 5.98. The molecule has 0 aliphatic carbocycles. The molecule has 17 heavy (non-hydrogen) atoms. The van der Waals surface area contributed by atoms with Gasteiger partial charge < -0.3 is 10.6 Å². The Hall–Kier alpha value is -1.42. The number of aryl methyl sites for hydroxylation is 1. The van der Waals surface area contributed by atoms with E-state index in [1.54, 1.807) is 19.1 Å². The van der Waals surface area contributed by atoms with Gasteiger partial charge in [0.05, 0.1) is 0 Å². The highest BCUT2D eigenvalue weighted by atomic mass is 19.1. The highest BCUT2D eigenvalue weighted by Gasteiger charge is 2.06. The van der Waals surface area contributed by atoms with E-state index in [4.69, 9.17) is 0 Å². The standard InChI is InChI=1S/C13H19FN2O/c1-3-6-15-7-8-16-13(17)11-5-4-10(2)12(14)9-11/h4-5,9,15H,3,6-8H2,1-2H3,(H,16,17). The minimum Gasteiger partial charge on any atom is -0.351 e. The molecule has 3 nitrogen and oxygen atoms in total. The van der Waals surface area contributed by atoms with Crippen molar-refractivity contribution in [2.45, 2.75) is 20.3 Å². The van der Waals surface area contributed by atoms with Gasteiger partial charge in [0.2, 0.25) is 0 Å². The van der Waals surface area contributed by atoms with Crippen LogP contribution >= 0.6 is 0 Å². The van der Waals surface area contributed by atoms with E-state index in [2.05, 4.69) is 17.6 Å². The van der Waals surface area contributed by atoms with E-state index in [1.807, 2.05) is 0 Å². The van der Waals surface area contributed by atoms with Crippen LogP contribution in [0.15, 0.2) is 18.2 Å². The van der Waals surface area contributed by atoms with Crippen molar-refractivity contribution >= 4 is 5.91 Å². The van der Waals surface area contributed by atoms with Crippen LogP contribution in [0.25, 0.3) is 0 Å². The highest BCUT2D eigenvalue weighted by Crippen LogP contribution is 2.08. The summed E-state index contributed by atoms with van der Waals surface area (Å²) in [5, 5.41) is 5.91. The maximum atomic E-state index is 13.2. The van der Waals surface area contributed by atoms with Gasteiger partial charge in [-0.05, 0) is 37.6 Å². The smallest absolute Gasteiger partial charge is 0.251 e. The normalized spacial score (nSPS) is 10.3. The lowest BCUT2D eigenvalue weighted by atomic mass is 10.1. The van der Waals surface area contributed by atoms with Gasteiger partial charge >= 0.3 is 0 Å². The number of carbonyl (C=O) groups excluding carboxylic acids is 1. The average molecular weight is 238 g/mol. The molecular formula is C13H19FN2O. The van der Waals surface area contributed by atoms with E-state index in [0.717, 1.165) is 19.5 Å². The van der Waals surface area contributed by atoms with Crippen molar-refractivity contribution in [1.29, 1.82) is 0 Å². The summed E-state index contributed by atoms with van der Waals surface area (Å²) < 4.78 is 13.2. The van der Waals surface area contributed by atoms with Crippen LogP contribution in [-0.4, -0.2) is 25.5 Å². The van der Waals surface area contributed by atoms with Crippen LogP contribution < -0.4 is 10.6 Å². The van der Waals surface area contributed by atoms with E-state index in [9.17, 15) is 9.18 Å². The summed E-state index contributed by atoms with van der Waals surface area (Å²) in [6, 6.07) is 4.51. The number of hydrogen-bond acceptors (Lipinski definition) is 2. The number of amides is 1. The van der Waals surface area contributed by atoms with Gasteiger partial charge in [-0.15, -0.1) is 0 Å². The summed E-state index contributed by atoms with van der Waals surface area (Å²) in [4.78, 5) is 11.6. The highest BCUT2D eigenvalue weighted by molar-refractivity contribution is 5.94. The number of hydrogen-bond donors (Lipinski definition) is 2. The lowest BCUT2D eigenvalue weighted by Gasteiger charge is -2.06. The first-order valence-corrected chi connectivity index (χ1v) is 5.90. The second kappa shape index (κ2) is 7.01. The largest absolute Gasteiger partial charge is 0.351 e. The quantitative estimate of drug-likeness (QED) is 0.743. The molecule has 4 heteroatoms. The molecule has 0 spiro atoms. The first-order chi connectivity index (χ1) is 8.15. The summed E-state index contributed by atoms with van der Waals surface area (Å²) in [5.74, 6) is -0.580. The van der Waals surface area contributed by atoms with Gasteiger partial charge in [-0.1, -0.05) is 13.0 Å². The molecule has 0 aliphatic heterocycles. The molecule has 2 N–H and O–H groups in total. The van der Waals surface area contributed by atoms with Crippen LogP contribution in [0.1, 0.15) is 29.3 Å². The van der Waals surface area contributed by atoms with Gasteiger partial charge in [-0.25, -0.2) is 4.39 Å². The average Bonchev–Trinajstić information content (AvgIpc) is 2.32. The van der Waals surface area contributed by atoms with E-state index >= 15 is 0 Å². The summed E-state index contributed by atoms with van der Waals surface area (Å²) in [5.41, 5.74) is 0.912. The molecule has 0 heterocycles. The summed E-state index contributed by atoms with van der Waals surface area (Å²) >= 11 is 0. The summed E-state index contributed by atoms with van der Waals surface area (Å²) in [7, 11) is 0. The Labute approximate surface area is 101 Å². The van der Waals surface area contributed by atoms with Crippen molar-refractivity contribution in [3.05, 3.63) is 35.1 Å². The van der Waals surface area contributed by atoms with Crippen LogP contribution in [0.4, 0.5) is 4.39 Å². The molecule has 0 saturated carbocycles. The van der Waals surface area contributed by atoms with Crippen molar-refractivity contribution in [3.8, 4) is 0 Å². The number of carbonyl (C=O) groups is 1. The van der Waals surface area contributed by atoms with Crippen LogP contribution in [0.2, 0.25) is 0 Å². The predicted molar refractivity (Wildman–Crippen MR) is 66.6 cm³/mol. The van der Waals surface area contributed by atoms with Crippen molar-refractivity contribution in [3.63, 3.8) is 0 Å². The fraction of sp³-hybridized carbons (Fsp3) is 0.462. The van der Waals surface area contributed by atoms with Crippen molar-refractivity contribution < 1.29 is 9.18 Å². The van der Waals surface area contributed by atoms with Crippen LogP contribution in [0.5, 0.6) is 0 Å². The molecule has 1 aromatic carbocycles. The Morgan fingerprint density at radius 3 is 2.71 bits per heavy atom. The number of halogens is 1. The number of benzene rings is 1. The minimum absolute atomic E-state index is 0.234. The fourth-order valence-corrected chi connectivity index (χ4v) is 1.40. The van der Waals surface area contributed by atoms with Crippen LogP contribution in [-0.2, 0) is 0 Å². The van der Waals surface area contributed by atoms with Gasteiger partial charge in [-0.2, -0.15) is 0 Å². The Morgan fingerprint density at radius 1 is 1.29 bits per heavy atom. The predicted octanol–water partition coefficient (Wildman–Crippen LogP) is 1.86. The molecule has 1 aromatic rings. The van der Waals surface area contributed by atoms with E-state index in [0.29, 0.717) is 17.7 Å². The fourth-order valence-electron chi connectivity index (χ4n) is 1.40. The monoisotopic (exact) mass is 238 g/mol. The Balaban J connectivity index is 2.39. The zero-order chi connectivity index (χ0) is 12.7. The molecule has 0 aliphatic rings. The molecule has 0 radical (unpaired) electrons. The lowest BCUT2D eigenvalue weighted by molar-refractivity contribution is 0.0953. The molecule has 0 unspecified atom stereocenters. The molecule has 0 bridgehead atoms. The van der Waals surface area contributed by atoms with Crippen molar-refractivity contribution in [2.24, 2.45) is 0 Å².